The third kappa shape index (κ3) is 4.64. The lowest BCUT2D eigenvalue weighted by atomic mass is 10.1. The first-order valence-electron chi connectivity index (χ1n) is 10.0. The summed E-state index contributed by atoms with van der Waals surface area (Å²) in [6.45, 7) is 2.43. The number of aromatic nitrogens is 1. The molecule has 2 heterocycles. The number of ether oxygens (including phenoxy) is 1. The van der Waals surface area contributed by atoms with Crippen LogP contribution < -0.4 is 10.1 Å². The molecular formula is C24H20N4O3S. The van der Waals surface area contributed by atoms with Crippen LogP contribution in [0.4, 0.5) is 0 Å². The van der Waals surface area contributed by atoms with E-state index < -0.39 is 6.10 Å². The van der Waals surface area contributed by atoms with Crippen molar-refractivity contribution in [1.29, 1.82) is 5.26 Å². The second-order valence-corrected chi connectivity index (χ2v) is 7.99. The first kappa shape index (κ1) is 21.6. The monoisotopic (exact) mass is 444 g/mol. The average Bonchev–Trinajstić information content (AvgIpc) is 3.17. The molecule has 4 rings (SSSR count). The minimum absolute atomic E-state index is 0.149. The number of amides is 1. The smallest absolute Gasteiger partial charge is 0.264 e. The van der Waals surface area contributed by atoms with Gasteiger partial charge in [-0.05, 0) is 48.0 Å². The van der Waals surface area contributed by atoms with Crippen LogP contribution in [-0.2, 0) is 4.79 Å². The minimum atomic E-state index is -0.742. The molecule has 2 N–H and O–H groups in total. The fraction of sp³-hybridized carbons (Fsp3) is 0.167. The summed E-state index contributed by atoms with van der Waals surface area (Å²) in [5.74, 6) is 0.234. The van der Waals surface area contributed by atoms with Crippen LogP contribution in [0, 0.1) is 11.3 Å². The van der Waals surface area contributed by atoms with Crippen molar-refractivity contribution in [3.05, 3.63) is 76.3 Å². The van der Waals surface area contributed by atoms with E-state index in [0.717, 1.165) is 11.1 Å². The summed E-state index contributed by atoms with van der Waals surface area (Å²) in [7, 11) is 0. The number of hydrogen-bond donors (Lipinski definition) is 2. The molecule has 160 valence electrons. The number of aliphatic hydroxyl groups excluding tert-OH is 1. The van der Waals surface area contributed by atoms with Crippen LogP contribution in [0.1, 0.15) is 29.7 Å². The number of carbonyl (C=O) groups is 1. The summed E-state index contributed by atoms with van der Waals surface area (Å²) in [4.78, 5) is 21.6. The molecule has 1 aliphatic heterocycles. The third-order valence-electron chi connectivity index (χ3n) is 4.79. The van der Waals surface area contributed by atoms with E-state index in [0.29, 0.717) is 38.9 Å². The maximum atomic E-state index is 12.4. The second-order valence-electron chi connectivity index (χ2n) is 6.96. The zero-order chi connectivity index (χ0) is 22.5. The first-order chi connectivity index (χ1) is 15.6. The standard InChI is InChI=1S/C24H20N4O3S/c1-2-31-22-17(12-25)13-26-19-9-8-15(10-18(19)22)11-21-23(30)28-24(32-21)27-14-20(29)16-6-4-3-5-7-16/h3-11,13,20,29H,2,14H2,1H3,(H,27,28,30)/t20-/m1/s1. The van der Waals surface area contributed by atoms with Gasteiger partial charge in [-0.15, -0.1) is 0 Å². The number of aliphatic imine (C=N–C) groups is 1. The summed E-state index contributed by atoms with van der Waals surface area (Å²) >= 11 is 1.22. The van der Waals surface area contributed by atoms with Crippen molar-refractivity contribution in [3.63, 3.8) is 0 Å². The highest BCUT2D eigenvalue weighted by Crippen LogP contribution is 2.31. The molecule has 0 saturated carbocycles. The van der Waals surface area contributed by atoms with Gasteiger partial charge in [-0.2, -0.15) is 5.26 Å². The molecule has 1 saturated heterocycles. The number of nitrogens with zero attached hydrogens (tertiary/aromatic N) is 3. The van der Waals surface area contributed by atoms with Gasteiger partial charge in [0.25, 0.3) is 5.91 Å². The molecule has 0 radical (unpaired) electrons. The maximum absolute atomic E-state index is 12.4. The number of hydrogen-bond acceptors (Lipinski definition) is 7. The SMILES string of the molecule is CCOc1c(C#N)cnc2ccc(C=C3SC(=NC[C@@H](O)c4ccccc4)NC3=O)cc12. The first-order valence-corrected chi connectivity index (χ1v) is 10.8. The summed E-state index contributed by atoms with van der Waals surface area (Å²) in [5.41, 5.74) is 2.62. The summed E-state index contributed by atoms with van der Waals surface area (Å²) in [6, 6.07) is 16.9. The molecule has 32 heavy (non-hydrogen) atoms. The van der Waals surface area contributed by atoms with Crippen LogP contribution in [0.25, 0.3) is 17.0 Å². The summed E-state index contributed by atoms with van der Waals surface area (Å²) in [5, 5.41) is 23.5. The van der Waals surface area contributed by atoms with Crippen LogP contribution in [-0.4, -0.2) is 34.3 Å². The van der Waals surface area contributed by atoms with E-state index in [4.69, 9.17) is 4.74 Å². The largest absolute Gasteiger partial charge is 0.492 e. The predicted molar refractivity (Wildman–Crippen MR) is 125 cm³/mol. The van der Waals surface area contributed by atoms with E-state index in [1.807, 2.05) is 55.5 Å². The molecule has 0 bridgehead atoms. The van der Waals surface area contributed by atoms with Crippen LogP contribution >= 0.6 is 11.8 Å². The zero-order valence-electron chi connectivity index (χ0n) is 17.3. The highest BCUT2D eigenvalue weighted by Gasteiger charge is 2.24. The molecule has 3 aromatic rings. The van der Waals surface area contributed by atoms with Crippen LogP contribution in [0.15, 0.2) is 64.6 Å². The molecule has 1 atom stereocenters. The average molecular weight is 445 g/mol. The normalized spacial score (nSPS) is 16.8. The summed E-state index contributed by atoms with van der Waals surface area (Å²) < 4.78 is 5.68. The fourth-order valence-corrected chi connectivity index (χ4v) is 4.09. The fourth-order valence-electron chi connectivity index (χ4n) is 3.26. The van der Waals surface area contributed by atoms with Crippen molar-refractivity contribution >= 4 is 39.8 Å². The van der Waals surface area contributed by atoms with Gasteiger partial charge < -0.3 is 15.2 Å². The van der Waals surface area contributed by atoms with E-state index in [2.05, 4.69) is 21.4 Å². The molecule has 1 amide bonds. The van der Waals surface area contributed by atoms with E-state index in [1.54, 1.807) is 6.08 Å². The van der Waals surface area contributed by atoms with Crippen LogP contribution in [0.3, 0.4) is 0 Å². The number of amidine groups is 1. The van der Waals surface area contributed by atoms with Gasteiger partial charge in [0.2, 0.25) is 0 Å². The van der Waals surface area contributed by atoms with Gasteiger partial charge in [-0.3, -0.25) is 14.8 Å². The quantitative estimate of drug-likeness (QED) is 0.560. The molecule has 1 fully saturated rings. The molecule has 0 spiro atoms. The molecule has 2 aromatic carbocycles. The topological polar surface area (TPSA) is 108 Å². The Bertz CT molecular complexity index is 1270. The molecule has 0 aliphatic carbocycles. The van der Waals surface area contributed by atoms with Gasteiger partial charge in [0.15, 0.2) is 5.17 Å². The molecule has 0 unspecified atom stereocenters. The highest BCUT2D eigenvalue weighted by atomic mass is 32.2. The van der Waals surface area contributed by atoms with Crippen molar-refractivity contribution in [2.24, 2.45) is 4.99 Å². The number of rotatable bonds is 6. The Labute approximate surface area is 189 Å². The van der Waals surface area contributed by atoms with Crippen LogP contribution in [0.5, 0.6) is 5.75 Å². The van der Waals surface area contributed by atoms with Gasteiger partial charge in [-0.1, -0.05) is 36.4 Å². The van der Waals surface area contributed by atoms with Gasteiger partial charge >= 0.3 is 0 Å². The van der Waals surface area contributed by atoms with Crippen molar-refractivity contribution in [2.45, 2.75) is 13.0 Å². The Morgan fingerprint density at radius 1 is 1.31 bits per heavy atom. The van der Waals surface area contributed by atoms with Gasteiger partial charge in [-0.25, -0.2) is 0 Å². The second kappa shape index (κ2) is 9.64. The zero-order valence-corrected chi connectivity index (χ0v) is 18.1. The van der Waals surface area contributed by atoms with Crippen molar-refractivity contribution in [3.8, 4) is 11.8 Å². The Hall–Kier alpha value is -3.67. The number of benzene rings is 2. The Kier molecular flexibility index (Phi) is 6.50. The lowest BCUT2D eigenvalue weighted by molar-refractivity contribution is -0.115. The van der Waals surface area contributed by atoms with E-state index in [9.17, 15) is 15.2 Å². The van der Waals surface area contributed by atoms with E-state index in [1.165, 1.54) is 18.0 Å². The Morgan fingerprint density at radius 3 is 2.88 bits per heavy atom. The summed E-state index contributed by atoms with van der Waals surface area (Å²) in [6.07, 6.45) is 2.51. The number of thioether (sulfide) groups is 1. The number of nitrogens with one attached hydrogen (secondary N) is 1. The molecule has 1 aliphatic rings. The van der Waals surface area contributed by atoms with E-state index >= 15 is 0 Å². The highest BCUT2D eigenvalue weighted by molar-refractivity contribution is 8.18. The maximum Gasteiger partial charge on any atom is 0.264 e. The van der Waals surface area contributed by atoms with Gasteiger partial charge in [0, 0.05) is 11.6 Å². The van der Waals surface area contributed by atoms with Crippen LogP contribution in [0.2, 0.25) is 0 Å². The molecule has 8 heteroatoms. The van der Waals surface area contributed by atoms with Gasteiger partial charge in [0.1, 0.15) is 17.4 Å². The Morgan fingerprint density at radius 2 is 2.12 bits per heavy atom. The number of pyridine rings is 1. The minimum Gasteiger partial charge on any atom is -0.492 e. The number of carbonyl (C=O) groups excluding carboxylic acids is 1. The number of nitriles is 1. The van der Waals surface area contributed by atoms with Gasteiger partial charge in [0.05, 0.1) is 29.7 Å². The van der Waals surface area contributed by atoms with E-state index in [-0.39, 0.29) is 12.5 Å². The third-order valence-corrected chi connectivity index (χ3v) is 5.74. The predicted octanol–water partition coefficient (Wildman–Crippen LogP) is 3.80. The lowest BCUT2D eigenvalue weighted by Crippen LogP contribution is -2.20. The number of fused-ring (bicyclic) bond motifs is 1. The number of aliphatic hydroxyl groups is 1. The van der Waals surface area contributed by atoms with Crippen molar-refractivity contribution < 1.29 is 14.6 Å². The molecular weight excluding hydrogens is 424 g/mol. The molecule has 1 aromatic heterocycles. The lowest BCUT2D eigenvalue weighted by Gasteiger charge is -2.09. The molecule has 7 nitrogen and oxygen atoms in total. The Balaban J connectivity index is 1.56. The van der Waals surface area contributed by atoms with Crippen molar-refractivity contribution in [2.75, 3.05) is 13.2 Å². The van der Waals surface area contributed by atoms with Crippen molar-refractivity contribution in [1.82, 2.24) is 10.3 Å².